The van der Waals surface area contributed by atoms with Crippen molar-refractivity contribution >= 4 is 11.7 Å². The second-order valence-corrected chi connectivity index (χ2v) is 5.84. The Bertz CT molecular complexity index is 550. The van der Waals surface area contributed by atoms with E-state index in [4.69, 9.17) is 15.2 Å². The van der Waals surface area contributed by atoms with Gasteiger partial charge in [0.15, 0.2) is 0 Å². The maximum absolute atomic E-state index is 11.3. The molecule has 1 saturated heterocycles. The summed E-state index contributed by atoms with van der Waals surface area (Å²) in [5, 5.41) is 10.8. The van der Waals surface area contributed by atoms with Gasteiger partial charge in [-0.25, -0.2) is 0 Å². The highest BCUT2D eigenvalue weighted by Gasteiger charge is 2.54. The lowest BCUT2D eigenvalue weighted by Gasteiger charge is -2.44. The molecule has 1 saturated carbocycles. The maximum Gasteiger partial charge on any atom is 0.303 e. The molecule has 114 valence electrons. The highest BCUT2D eigenvalue weighted by molar-refractivity contribution is 5.66. The molecular formula is C15H20N2O4. The van der Waals surface area contributed by atoms with Crippen molar-refractivity contribution in [2.45, 2.75) is 56.5 Å². The summed E-state index contributed by atoms with van der Waals surface area (Å²) in [5.74, 6) is -0.387. The highest BCUT2D eigenvalue weighted by atomic mass is 16.6. The predicted octanol–water partition coefficient (Wildman–Crippen LogP) is 1.34. The zero-order valence-electron chi connectivity index (χ0n) is 12.0. The minimum atomic E-state index is -1.08. The Morgan fingerprint density at radius 3 is 3.14 bits per heavy atom. The lowest BCUT2D eigenvalue weighted by molar-refractivity contribution is -0.227. The van der Waals surface area contributed by atoms with Crippen LogP contribution in [0, 0.1) is 0 Å². The Morgan fingerprint density at radius 1 is 1.62 bits per heavy atom. The van der Waals surface area contributed by atoms with Gasteiger partial charge in [-0.3, -0.25) is 9.78 Å². The number of aromatic nitrogens is 1. The molecule has 0 spiro atoms. The van der Waals surface area contributed by atoms with Gasteiger partial charge in [-0.2, -0.15) is 0 Å². The van der Waals surface area contributed by atoms with Crippen LogP contribution in [0.5, 0.6) is 0 Å². The van der Waals surface area contributed by atoms with E-state index in [9.17, 15) is 9.90 Å². The molecule has 21 heavy (non-hydrogen) atoms. The third-order valence-electron chi connectivity index (χ3n) is 4.46. The summed E-state index contributed by atoms with van der Waals surface area (Å²) in [6.45, 7) is 1.36. The van der Waals surface area contributed by atoms with Crippen molar-refractivity contribution in [3.05, 3.63) is 24.0 Å². The normalized spacial score (nSPS) is 35.2. The molecule has 0 amide bonds. The van der Waals surface area contributed by atoms with E-state index in [1.54, 1.807) is 12.4 Å². The summed E-state index contributed by atoms with van der Waals surface area (Å²) in [7, 11) is 0. The van der Waals surface area contributed by atoms with Gasteiger partial charge in [0.1, 0.15) is 11.7 Å². The van der Waals surface area contributed by atoms with Gasteiger partial charge in [-0.05, 0) is 25.3 Å². The largest absolute Gasteiger partial charge is 0.459 e. The summed E-state index contributed by atoms with van der Waals surface area (Å²) in [4.78, 5) is 15.3. The molecule has 0 unspecified atom stereocenters. The Kier molecular flexibility index (Phi) is 3.59. The molecule has 2 heterocycles. The SMILES string of the molecule is CC(=O)O[C@H]1C[C@@H](c2ccncc2N)O[C@H]2CCC[C@@]12O. The van der Waals surface area contributed by atoms with Gasteiger partial charge in [0.2, 0.25) is 0 Å². The van der Waals surface area contributed by atoms with Crippen molar-refractivity contribution in [3.63, 3.8) is 0 Å². The molecule has 0 aromatic carbocycles. The molecule has 0 radical (unpaired) electrons. The summed E-state index contributed by atoms with van der Waals surface area (Å²) >= 11 is 0. The van der Waals surface area contributed by atoms with Crippen LogP contribution in [0.2, 0.25) is 0 Å². The molecule has 4 atom stereocenters. The van der Waals surface area contributed by atoms with Crippen LogP contribution >= 0.6 is 0 Å². The number of carbonyl (C=O) groups excluding carboxylic acids is 1. The molecule has 3 N–H and O–H groups in total. The first kappa shape index (κ1) is 14.3. The van der Waals surface area contributed by atoms with Crippen molar-refractivity contribution in [2.24, 2.45) is 0 Å². The van der Waals surface area contributed by atoms with Crippen molar-refractivity contribution < 1.29 is 19.4 Å². The second-order valence-electron chi connectivity index (χ2n) is 5.84. The Hall–Kier alpha value is -1.66. The average Bonchev–Trinajstić information content (AvgIpc) is 2.81. The fourth-order valence-corrected chi connectivity index (χ4v) is 3.45. The summed E-state index contributed by atoms with van der Waals surface area (Å²) in [6, 6.07) is 1.81. The lowest BCUT2D eigenvalue weighted by atomic mass is 9.84. The zero-order valence-corrected chi connectivity index (χ0v) is 12.0. The van der Waals surface area contributed by atoms with Crippen LogP contribution in [-0.2, 0) is 14.3 Å². The lowest BCUT2D eigenvalue weighted by Crippen LogP contribution is -2.55. The van der Waals surface area contributed by atoms with E-state index in [1.165, 1.54) is 6.92 Å². The third-order valence-corrected chi connectivity index (χ3v) is 4.46. The monoisotopic (exact) mass is 292 g/mol. The summed E-state index contributed by atoms with van der Waals surface area (Å²) in [6.07, 6.45) is 4.67. The number of ether oxygens (including phenoxy) is 2. The third kappa shape index (κ3) is 2.49. The molecular weight excluding hydrogens is 272 g/mol. The van der Waals surface area contributed by atoms with Crippen LogP contribution in [0.15, 0.2) is 18.5 Å². The Balaban J connectivity index is 1.89. The van der Waals surface area contributed by atoms with Crippen molar-refractivity contribution in [2.75, 3.05) is 5.73 Å². The quantitative estimate of drug-likeness (QED) is 0.799. The van der Waals surface area contributed by atoms with Gasteiger partial charge in [0.25, 0.3) is 0 Å². The van der Waals surface area contributed by atoms with E-state index in [2.05, 4.69) is 4.98 Å². The second kappa shape index (κ2) is 5.27. The maximum atomic E-state index is 11.3. The average molecular weight is 292 g/mol. The van der Waals surface area contributed by atoms with Crippen LogP contribution in [0.1, 0.15) is 44.3 Å². The fourth-order valence-electron chi connectivity index (χ4n) is 3.45. The molecule has 0 bridgehead atoms. The van der Waals surface area contributed by atoms with Gasteiger partial charge >= 0.3 is 5.97 Å². The first-order chi connectivity index (χ1) is 10.0. The number of nitrogens with two attached hydrogens (primary N) is 1. The van der Waals surface area contributed by atoms with E-state index in [1.807, 2.05) is 6.07 Å². The van der Waals surface area contributed by atoms with E-state index in [-0.39, 0.29) is 18.2 Å². The van der Waals surface area contributed by atoms with Crippen molar-refractivity contribution in [1.29, 1.82) is 0 Å². The van der Waals surface area contributed by atoms with Gasteiger partial charge in [-0.1, -0.05) is 0 Å². The van der Waals surface area contributed by atoms with Crippen molar-refractivity contribution in [3.8, 4) is 0 Å². The Labute approximate surface area is 123 Å². The van der Waals surface area contributed by atoms with Gasteiger partial charge < -0.3 is 20.3 Å². The molecule has 2 aliphatic rings. The highest BCUT2D eigenvalue weighted by Crippen LogP contribution is 2.47. The summed E-state index contributed by atoms with van der Waals surface area (Å²) < 4.78 is 11.4. The molecule has 1 aromatic rings. The molecule has 6 heteroatoms. The standard InChI is InChI=1S/C15H20N2O4/c1-9(18)20-14-7-12(10-4-6-17-8-11(10)16)21-13-3-2-5-15(13,14)19/h4,6,8,12-14,19H,2-3,5,7,16H2,1H3/t12-,13-,14-,15-/m0/s1. The van der Waals surface area contributed by atoms with E-state index in [0.29, 0.717) is 18.5 Å². The minimum Gasteiger partial charge on any atom is -0.459 e. The fraction of sp³-hybridized carbons (Fsp3) is 0.600. The number of fused-ring (bicyclic) bond motifs is 1. The van der Waals surface area contributed by atoms with E-state index < -0.39 is 11.7 Å². The number of pyridine rings is 1. The number of nitrogen functional groups attached to an aromatic ring is 1. The number of esters is 1. The van der Waals surface area contributed by atoms with Crippen LogP contribution in [-0.4, -0.2) is 33.9 Å². The molecule has 2 fully saturated rings. The van der Waals surface area contributed by atoms with Gasteiger partial charge in [0, 0.05) is 25.1 Å². The number of nitrogens with zero attached hydrogens (tertiary/aromatic N) is 1. The number of hydrogen-bond donors (Lipinski definition) is 2. The van der Waals surface area contributed by atoms with Crippen LogP contribution in [0.3, 0.4) is 0 Å². The predicted molar refractivity (Wildman–Crippen MR) is 75.2 cm³/mol. The zero-order chi connectivity index (χ0) is 15.0. The topological polar surface area (TPSA) is 94.7 Å². The Morgan fingerprint density at radius 2 is 2.43 bits per heavy atom. The molecule has 1 aromatic heterocycles. The van der Waals surface area contributed by atoms with Gasteiger partial charge in [0.05, 0.1) is 24.1 Å². The molecule has 1 aliphatic heterocycles. The molecule has 6 nitrogen and oxygen atoms in total. The van der Waals surface area contributed by atoms with Crippen molar-refractivity contribution in [1.82, 2.24) is 4.98 Å². The molecule has 3 rings (SSSR count). The first-order valence-electron chi connectivity index (χ1n) is 7.25. The van der Waals surface area contributed by atoms with Crippen LogP contribution < -0.4 is 5.73 Å². The first-order valence-corrected chi connectivity index (χ1v) is 7.25. The van der Waals surface area contributed by atoms with Gasteiger partial charge in [-0.15, -0.1) is 0 Å². The number of carbonyl (C=O) groups is 1. The van der Waals surface area contributed by atoms with E-state index >= 15 is 0 Å². The smallest absolute Gasteiger partial charge is 0.303 e. The van der Waals surface area contributed by atoms with E-state index in [0.717, 1.165) is 18.4 Å². The van der Waals surface area contributed by atoms with Crippen LogP contribution in [0.4, 0.5) is 5.69 Å². The number of anilines is 1. The summed E-state index contributed by atoms with van der Waals surface area (Å²) in [5.41, 5.74) is 6.25. The van der Waals surface area contributed by atoms with Crippen LogP contribution in [0.25, 0.3) is 0 Å². The number of rotatable bonds is 2. The molecule has 1 aliphatic carbocycles. The number of aliphatic hydroxyl groups is 1. The minimum absolute atomic E-state index is 0.291. The number of hydrogen-bond acceptors (Lipinski definition) is 6.